The van der Waals surface area contributed by atoms with Crippen LogP contribution in [-0.2, 0) is 11.3 Å². The second-order valence-electron chi connectivity index (χ2n) is 3.53. The summed E-state index contributed by atoms with van der Waals surface area (Å²) in [5.74, 6) is 0. The summed E-state index contributed by atoms with van der Waals surface area (Å²) in [6.07, 6.45) is 2.18. The molecule has 0 aliphatic rings. The maximum atomic E-state index is 5.39. The highest BCUT2D eigenvalue weighted by Gasteiger charge is 1.97. The first-order valence-corrected chi connectivity index (χ1v) is 6.40. The molecule has 1 aromatic rings. The van der Waals surface area contributed by atoms with Crippen molar-refractivity contribution in [3.63, 3.8) is 0 Å². The van der Waals surface area contributed by atoms with Crippen LogP contribution in [0.2, 0.25) is 0 Å². The third-order valence-electron chi connectivity index (χ3n) is 1.93. The van der Waals surface area contributed by atoms with Gasteiger partial charge in [-0.05, 0) is 26.3 Å². The fraction of sp³-hybridized carbons (Fsp3) is 0.727. The first-order valence-electron chi connectivity index (χ1n) is 5.52. The molecule has 86 valence electrons. The van der Waals surface area contributed by atoms with E-state index in [9.17, 15) is 0 Å². The molecule has 0 unspecified atom stereocenters. The first-order chi connectivity index (χ1) is 7.33. The Bertz CT molecular complexity index is 263. The molecule has 0 amide bonds. The number of nitrogens with one attached hydrogen (secondary N) is 1. The second-order valence-corrected chi connectivity index (χ2v) is 4.47. The molecule has 1 heterocycles. The highest BCUT2D eigenvalue weighted by Crippen LogP contribution is 2.07. The number of aromatic nitrogens is 1. The summed E-state index contributed by atoms with van der Waals surface area (Å²) in [7, 11) is 0. The normalized spacial score (nSPS) is 10.8. The highest BCUT2D eigenvalue weighted by molar-refractivity contribution is 7.09. The molecule has 0 aliphatic carbocycles. The van der Waals surface area contributed by atoms with Crippen molar-refractivity contribution < 1.29 is 4.74 Å². The van der Waals surface area contributed by atoms with Gasteiger partial charge in [0.1, 0.15) is 5.01 Å². The van der Waals surface area contributed by atoms with Crippen LogP contribution in [0, 0.1) is 6.92 Å². The monoisotopic (exact) mass is 228 g/mol. The average molecular weight is 228 g/mol. The standard InChI is InChI=1S/C11H20N2OS/c1-3-6-14-7-4-5-12-8-11-13-10(2)9-15-11/h9,12H,3-8H2,1-2H3. The van der Waals surface area contributed by atoms with Crippen LogP contribution in [0.3, 0.4) is 0 Å². The van der Waals surface area contributed by atoms with Crippen molar-refractivity contribution in [2.45, 2.75) is 33.2 Å². The molecule has 0 aliphatic heterocycles. The number of nitrogens with zero attached hydrogens (tertiary/aromatic N) is 1. The molecule has 15 heavy (non-hydrogen) atoms. The number of hydrogen-bond donors (Lipinski definition) is 1. The molecule has 1 rings (SSSR count). The Morgan fingerprint density at radius 3 is 3.00 bits per heavy atom. The van der Waals surface area contributed by atoms with E-state index in [1.165, 1.54) is 5.01 Å². The van der Waals surface area contributed by atoms with Crippen LogP contribution < -0.4 is 5.32 Å². The Kier molecular flexibility index (Phi) is 6.55. The molecule has 0 saturated heterocycles. The van der Waals surface area contributed by atoms with E-state index < -0.39 is 0 Å². The van der Waals surface area contributed by atoms with E-state index in [0.29, 0.717) is 0 Å². The lowest BCUT2D eigenvalue weighted by Gasteiger charge is -2.03. The van der Waals surface area contributed by atoms with Gasteiger partial charge in [0.25, 0.3) is 0 Å². The second kappa shape index (κ2) is 7.79. The largest absolute Gasteiger partial charge is 0.381 e. The smallest absolute Gasteiger partial charge is 0.107 e. The van der Waals surface area contributed by atoms with E-state index in [2.05, 4.69) is 22.6 Å². The first kappa shape index (κ1) is 12.6. The van der Waals surface area contributed by atoms with Gasteiger partial charge >= 0.3 is 0 Å². The minimum atomic E-state index is 0.859. The molecule has 0 aromatic carbocycles. The number of thiazole rings is 1. The summed E-state index contributed by atoms with van der Waals surface area (Å²) < 4.78 is 5.39. The third-order valence-corrected chi connectivity index (χ3v) is 2.90. The number of ether oxygens (including phenoxy) is 1. The van der Waals surface area contributed by atoms with E-state index in [0.717, 1.165) is 44.8 Å². The van der Waals surface area contributed by atoms with Crippen molar-refractivity contribution in [1.82, 2.24) is 10.3 Å². The Labute approximate surface area is 95.9 Å². The van der Waals surface area contributed by atoms with Crippen LogP contribution in [0.15, 0.2) is 5.38 Å². The van der Waals surface area contributed by atoms with Gasteiger partial charge in [0, 0.05) is 30.8 Å². The zero-order valence-corrected chi connectivity index (χ0v) is 10.4. The molecule has 0 fully saturated rings. The third kappa shape index (κ3) is 5.87. The van der Waals surface area contributed by atoms with Gasteiger partial charge < -0.3 is 10.1 Å². The van der Waals surface area contributed by atoms with Gasteiger partial charge in [-0.25, -0.2) is 4.98 Å². The molecule has 4 heteroatoms. The molecule has 1 aromatic heterocycles. The molecule has 0 atom stereocenters. The summed E-state index contributed by atoms with van der Waals surface area (Å²) in [5, 5.41) is 6.61. The van der Waals surface area contributed by atoms with Crippen molar-refractivity contribution in [3.8, 4) is 0 Å². The van der Waals surface area contributed by atoms with E-state index in [-0.39, 0.29) is 0 Å². The van der Waals surface area contributed by atoms with Crippen molar-refractivity contribution in [1.29, 1.82) is 0 Å². The topological polar surface area (TPSA) is 34.1 Å². The predicted molar refractivity (Wildman–Crippen MR) is 64.3 cm³/mol. The van der Waals surface area contributed by atoms with Crippen LogP contribution in [0.25, 0.3) is 0 Å². The Balaban J connectivity index is 1.93. The quantitative estimate of drug-likeness (QED) is 0.694. The Morgan fingerprint density at radius 1 is 1.47 bits per heavy atom. The van der Waals surface area contributed by atoms with Crippen molar-refractivity contribution in [2.24, 2.45) is 0 Å². The Hall–Kier alpha value is -0.450. The van der Waals surface area contributed by atoms with E-state index in [1.54, 1.807) is 11.3 Å². The van der Waals surface area contributed by atoms with Gasteiger partial charge in [0.2, 0.25) is 0 Å². The van der Waals surface area contributed by atoms with Crippen LogP contribution in [0.1, 0.15) is 30.5 Å². The Morgan fingerprint density at radius 2 is 2.33 bits per heavy atom. The molecular weight excluding hydrogens is 208 g/mol. The van der Waals surface area contributed by atoms with Gasteiger partial charge in [0.05, 0.1) is 0 Å². The fourth-order valence-corrected chi connectivity index (χ4v) is 1.97. The summed E-state index contributed by atoms with van der Waals surface area (Å²) in [5.41, 5.74) is 1.11. The van der Waals surface area contributed by atoms with Gasteiger partial charge in [-0.2, -0.15) is 0 Å². The predicted octanol–water partition coefficient (Wildman–Crippen LogP) is 2.36. The van der Waals surface area contributed by atoms with E-state index >= 15 is 0 Å². The van der Waals surface area contributed by atoms with Crippen LogP contribution >= 0.6 is 11.3 Å². The van der Waals surface area contributed by atoms with Crippen LogP contribution in [0.4, 0.5) is 0 Å². The van der Waals surface area contributed by atoms with Crippen molar-refractivity contribution in [3.05, 3.63) is 16.1 Å². The van der Waals surface area contributed by atoms with Gasteiger partial charge in [0.15, 0.2) is 0 Å². The van der Waals surface area contributed by atoms with Crippen LogP contribution in [-0.4, -0.2) is 24.7 Å². The summed E-state index contributed by atoms with van der Waals surface area (Å²) in [4.78, 5) is 4.38. The summed E-state index contributed by atoms with van der Waals surface area (Å²) in [6, 6.07) is 0. The molecule has 3 nitrogen and oxygen atoms in total. The lowest BCUT2D eigenvalue weighted by molar-refractivity contribution is 0.132. The van der Waals surface area contributed by atoms with Gasteiger partial charge in [-0.3, -0.25) is 0 Å². The molecule has 1 N–H and O–H groups in total. The lowest BCUT2D eigenvalue weighted by Crippen LogP contribution is -2.16. The van der Waals surface area contributed by atoms with Gasteiger partial charge in [-0.15, -0.1) is 11.3 Å². The highest BCUT2D eigenvalue weighted by atomic mass is 32.1. The fourth-order valence-electron chi connectivity index (χ4n) is 1.22. The molecule has 0 spiro atoms. The minimum absolute atomic E-state index is 0.859. The maximum absolute atomic E-state index is 5.39. The maximum Gasteiger partial charge on any atom is 0.107 e. The molecular formula is C11H20N2OS. The zero-order valence-electron chi connectivity index (χ0n) is 9.58. The average Bonchev–Trinajstić information content (AvgIpc) is 2.63. The number of hydrogen-bond acceptors (Lipinski definition) is 4. The van der Waals surface area contributed by atoms with Gasteiger partial charge in [-0.1, -0.05) is 6.92 Å². The number of aryl methyl sites for hydroxylation is 1. The molecule has 0 saturated carbocycles. The summed E-state index contributed by atoms with van der Waals surface area (Å²) >= 11 is 1.72. The lowest BCUT2D eigenvalue weighted by atomic mass is 10.4. The SMILES string of the molecule is CCCOCCCNCc1nc(C)cs1. The van der Waals surface area contributed by atoms with Crippen LogP contribution in [0.5, 0.6) is 0 Å². The molecule has 0 radical (unpaired) electrons. The minimum Gasteiger partial charge on any atom is -0.381 e. The zero-order chi connectivity index (χ0) is 10.9. The summed E-state index contributed by atoms with van der Waals surface area (Å²) in [6.45, 7) is 7.78. The van der Waals surface area contributed by atoms with Crippen molar-refractivity contribution in [2.75, 3.05) is 19.8 Å². The van der Waals surface area contributed by atoms with E-state index in [4.69, 9.17) is 4.74 Å². The molecule has 0 bridgehead atoms. The van der Waals surface area contributed by atoms with Crippen molar-refractivity contribution >= 4 is 11.3 Å². The van der Waals surface area contributed by atoms with E-state index in [1.807, 2.05) is 6.92 Å². The number of rotatable bonds is 8.